The lowest BCUT2D eigenvalue weighted by Gasteiger charge is -2.00. The third-order valence-corrected chi connectivity index (χ3v) is 3.30. The molecule has 1 fully saturated rings. The summed E-state index contributed by atoms with van der Waals surface area (Å²) in [5, 5.41) is 0.137. The van der Waals surface area contributed by atoms with Gasteiger partial charge in [-0.15, -0.1) is 0 Å². The molecule has 0 saturated carbocycles. The monoisotopic (exact) mass is 252 g/mol. The third kappa shape index (κ3) is 4.15. The van der Waals surface area contributed by atoms with Crippen molar-refractivity contribution in [1.29, 1.82) is 0 Å². The van der Waals surface area contributed by atoms with E-state index < -0.39 is 0 Å². The molecule has 1 aliphatic rings. The van der Waals surface area contributed by atoms with Gasteiger partial charge in [-0.1, -0.05) is 42.1 Å². The standard InChI is InChI=1S/C13H16O3S/c1-10(14)17-8-7-15-9-12-13(16-12)11-5-3-2-4-6-11/h2-6,12-13H,7-9H2,1H3/t12-,13-/m1/s1. The summed E-state index contributed by atoms with van der Waals surface area (Å²) in [5.41, 5.74) is 1.21. The van der Waals surface area contributed by atoms with Crippen molar-refractivity contribution in [3.05, 3.63) is 35.9 Å². The second-order valence-electron chi connectivity index (χ2n) is 3.92. The summed E-state index contributed by atoms with van der Waals surface area (Å²) in [5.74, 6) is 0.720. The summed E-state index contributed by atoms with van der Waals surface area (Å²) in [6.45, 7) is 2.78. The second kappa shape index (κ2) is 6.19. The summed E-state index contributed by atoms with van der Waals surface area (Å²) in [7, 11) is 0. The Labute approximate surface area is 105 Å². The minimum atomic E-state index is 0.137. The van der Waals surface area contributed by atoms with E-state index in [-0.39, 0.29) is 17.3 Å². The van der Waals surface area contributed by atoms with Crippen molar-refractivity contribution in [2.45, 2.75) is 19.1 Å². The van der Waals surface area contributed by atoms with Crippen LogP contribution in [-0.4, -0.2) is 30.2 Å². The molecule has 0 aromatic heterocycles. The first-order chi connectivity index (χ1) is 8.27. The van der Waals surface area contributed by atoms with Crippen LogP contribution in [0.2, 0.25) is 0 Å². The van der Waals surface area contributed by atoms with Gasteiger partial charge in [0.05, 0.1) is 13.2 Å². The highest BCUT2D eigenvalue weighted by molar-refractivity contribution is 8.13. The molecule has 0 N–H and O–H groups in total. The van der Waals surface area contributed by atoms with Crippen molar-refractivity contribution >= 4 is 16.9 Å². The SMILES string of the molecule is CC(=O)SCCOC[C@H]1O[C@@H]1c1ccccc1. The van der Waals surface area contributed by atoms with Crippen LogP contribution in [0.3, 0.4) is 0 Å². The molecular formula is C13H16O3S. The molecule has 0 aliphatic carbocycles. The Balaban J connectivity index is 1.59. The molecule has 1 heterocycles. The van der Waals surface area contributed by atoms with Crippen molar-refractivity contribution < 1.29 is 14.3 Å². The molecule has 2 atom stereocenters. The van der Waals surface area contributed by atoms with Crippen molar-refractivity contribution in [3.63, 3.8) is 0 Å². The molecule has 0 spiro atoms. The van der Waals surface area contributed by atoms with Crippen LogP contribution in [0.1, 0.15) is 18.6 Å². The van der Waals surface area contributed by atoms with Gasteiger partial charge in [0.2, 0.25) is 0 Å². The summed E-state index contributed by atoms with van der Waals surface area (Å²) >= 11 is 1.30. The Morgan fingerprint density at radius 1 is 1.41 bits per heavy atom. The first-order valence-electron chi connectivity index (χ1n) is 5.69. The molecule has 0 unspecified atom stereocenters. The molecule has 92 valence electrons. The number of carbonyl (C=O) groups excluding carboxylic acids is 1. The predicted molar refractivity (Wildman–Crippen MR) is 68.0 cm³/mol. The van der Waals surface area contributed by atoms with Crippen LogP contribution in [0.25, 0.3) is 0 Å². The maximum Gasteiger partial charge on any atom is 0.185 e. The Bertz CT molecular complexity index is 366. The highest BCUT2D eigenvalue weighted by atomic mass is 32.2. The zero-order valence-electron chi connectivity index (χ0n) is 9.80. The first-order valence-corrected chi connectivity index (χ1v) is 6.67. The lowest BCUT2D eigenvalue weighted by molar-refractivity contribution is -0.109. The van der Waals surface area contributed by atoms with Gasteiger partial charge in [0, 0.05) is 12.7 Å². The van der Waals surface area contributed by atoms with Gasteiger partial charge in [0.15, 0.2) is 5.12 Å². The van der Waals surface area contributed by atoms with E-state index in [1.807, 2.05) is 18.2 Å². The summed E-state index contributed by atoms with van der Waals surface area (Å²) in [6.07, 6.45) is 0.372. The van der Waals surface area contributed by atoms with Gasteiger partial charge in [-0.05, 0) is 5.56 Å². The van der Waals surface area contributed by atoms with Crippen LogP contribution >= 0.6 is 11.8 Å². The number of rotatable bonds is 6. The molecule has 4 heteroatoms. The molecule has 0 radical (unpaired) electrons. The van der Waals surface area contributed by atoms with Gasteiger partial charge in [0.1, 0.15) is 12.2 Å². The predicted octanol–water partition coefficient (Wildman–Crippen LogP) is 2.42. The molecule has 1 aliphatic heterocycles. The van der Waals surface area contributed by atoms with Crippen molar-refractivity contribution in [2.75, 3.05) is 19.0 Å². The fourth-order valence-corrected chi connectivity index (χ4v) is 2.14. The number of thioether (sulfide) groups is 1. The maximum atomic E-state index is 10.7. The summed E-state index contributed by atoms with van der Waals surface area (Å²) in [4.78, 5) is 10.7. The molecule has 0 amide bonds. The fourth-order valence-electron chi connectivity index (χ4n) is 1.65. The van der Waals surface area contributed by atoms with E-state index in [0.717, 1.165) is 5.75 Å². The smallest absolute Gasteiger partial charge is 0.185 e. The molecule has 0 bridgehead atoms. The van der Waals surface area contributed by atoms with Gasteiger partial charge in [-0.2, -0.15) is 0 Å². The van der Waals surface area contributed by atoms with Crippen molar-refractivity contribution in [3.8, 4) is 0 Å². The number of hydrogen-bond donors (Lipinski definition) is 0. The highest BCUT2D eigenvalue weighted by Crippen LogP contribution is 2.38. The molecule has 3 nitrogen and oxygen atoms in total. The third-order valence-electron chi connectivity index (χ3n) is 2.53. The summed E-state index contributed by atoms with van der Waals surface area (Å²) in [6, 6.07) is 10.2. The quantitative estimate of drug-likeness (QED) is 0.576. The Hall–Kier alpha value is -0.840. The number of hydrogen-bond acceptors (Lipinski definition) is 4. The van der Waals surface area contributed by atoms with E-state index in [9.17, 15) is 4.79 Å². The van der Waals surface area contributed by atoms with Gasteiger partial charge >= 0.3 is 0 Å². The fraction of sp³-hybridized carbons (Fsp3) is 0.462. The summed E-state index contributed by atoms with van der Waals surface area (Å²) < 4.78 is 11.0. The van der Waals surface area contributed by atoms with Crippen LogP contribution in [0.5, 0.6) is 0 Å². The maximum absolute atomic E-state index is 10.7. The van der Waals surface area contributed by atoms with E-state index in [1.54, 1.807) is 6.92 Å². The van der Waals surface area contributed by atoms with Gasteiger partial charge in [-0.3, -0.25) is 4.79 Å². The van der Waals surface area contributed by atoms with E-state index in [2.05, 4.69) is 12.1 Å². The van der Waals surface area contributed by atoms with Gasteiger partial charge in [-0.25, -0.2) is 0 Å². The van der Waals surface area contributed by atoms with Crippen LogP contribution in [0.15, 0.2) is 30.3 Å². The molecule has 1 aromatic carbocycles. The largest absolute Gasteiger partial charge is 0.378 e. The van der Waals surface area contributed by atoms with Crippen LogP contribution < -0.4 is 0 Å². The average Bonchev–Trinajstić information content (AvgIpc) is 3.09. The van der Waals surface area contributed by atoms with Crippen molar-refractivity contribution in [1.82, 2.24) is 0 Å². The zero-order valence-corrected chi connectivity index (χ0v) is 10.6. The number of epoxide rings is 1. The van der Waals surface area contributed by atoms with Crippen LogP contribution in [0, 0.1) is 0 Å². The average molecular weight is 252 g/mol. The molecule has 17 heavy (non-hydrogen) atoms. The van der Waals surface area contributed by atoms with Crippen LogP contribution in [-0.2, 0) is 14.3 Å². The molecule has 2 rings (SSSR count). The molecular weight excluding hydrogens is 236 g/mol. The van der Waals surface area contributed by atoms with Crippen molar-refractivity contribution in [2.24, 2.45) is 0 Å². The molecule has 1 saturated heterocycles. The number of ether oxygens (including phenoxy) is 2. The topological polar surface area (TPSA) is 38.8 Å². The minimum absolute atomic E-state index is 0.137. The lowest BCUT2D eigenvalue weighted by Crippen LogP contribution is -2.06. The normalized spacial score (nSPS) is 22.4. The minimum Gasteiger partial charge on any atom is -0.378 e. The number of benzene rings is 1. The molecule has 1 aromatic rings. The first kappa shape index (κ1) is 12.6. The Morgan fingerprint density at radius 3 is 2.88 bits per heavy atom. The zero-order chi connectivity index (χ0) is 12.1. The van der Waals surface area contributed by atoms with E-state index in [1.165, 1.54) is 17.3 Å². The highest BCUT2D eigenvalue weighted by Gasteiger charge is 2.39. The Morgan fingerprint density at radius 2 is 2.18 bits per heavy atom. The van der Waals surface area contributed by atoms with E-state index >= 15 is 0 Å². The number of carbonyl (C=O) groups is 1. The van der Waals surface area contributed by atoms with Gasteiger partial charge < -0.3 is 9.47 Å². The lowest BCUT2D eigenvalue weighted by atomic mass is 10.1. The van der Waals surface area contributed by atoms with E-state index in [0.29, 0.717) is 13.2 Å². The Kier molecular flexibility index (Phi) is 4.59. The van der Waals surface area contributed by atoms with Crippen LogP contribution in [0.4, 0.5) is 0 Å². The second-order valence-corrected chi connectivity index (χ2v) is 5.19. The van der Waals surface area contributed by atoms with E-state index in [4.69, 9.17) is 9.47 Å². The van der Waals surface area contributed by atoms with Gasteiger partial charge in [0.25, 0.3) is 0 Å².